The number of hydrogen-bond donors (Lipinski definition) is 1. The summed E-state index contributed by atoms with van der Waals surface area (Å²) in [7, 11) is -1.02. The van der Waals surface area contributed by atoms with E-state index in [2.05, 4.69) is 25.3 Å². The lowest BCUT2D eigenvalue weighted by atomic mass is 10.7. The average molecular weight is 130 g/mol. The van der Waals surface area contributed by atoms with Gasteiger partial charge in [-0.2, -0.15) is 0 Å². The second-order valence-corrected chi connectivity index (χ2v) is 8.02. The van der Waals surface area contributed by atoms with E-state index in [1.165, 1.54) is 0 Å². The van der Waals surface area contributed by atoms with Gasteiger partial charge >= 0.3 is 0 Å². The molecule has 0 fully saturated rings. The fourth-order valence-electron chi connectivity index (χ4n) is 0.406. The third-order valence-corrected chi connectivity index (χ3v) is 1.96. The minimum Gasteiger partial charge on any atom is -0.392 e. The highest BCUT2D eigenvalue weighted by Gasteiger charge is 2.05. The second-order valence-electron chi connectivity index (χ2n) is 2.95. The molecule has 0 aromatic carbocycles. The molecule has 0 saturated heterocycles. The smallest absolute Gasteiger partial charge is 0.0683 e. The van der Waals surface area contributed by atoms with Crippen LogP contribution in [0.4, 0.5) is 0 Å². The zero-order valence-corrected chi connectivity index (χ0v) is 6.81. The van der Waals surface area contributed by atoms with Gasteiger partial charge in [-0.05, 0) is 0 Å². The average Bonchev–Trinajstić information content (AvgIpc) is 1.59. The normalized spacial score (nSPS) is 13.0. The van der Waals surface area contributed by atoms with E-state index in [1.807, 2.05) is 6.08 Å². The molecule has 48 valence electrons. The van der Waals surface area contributed by atoms with E-state index in [-0.39, 0.29) is 6.61 Å². The van der Waals surface area contributed by atoms with Crippen molar-refractivity contribution < 1.29 is 5.11 Å². The lowest BCUT2D eigenvalue weighted by molar-refractivity contribution is 0.343. The van der Waals surface area contributed by atoms with E-state index in [4.69, 9.17) is 5.11 Å². The fourth-order valence-corrected chi connectivity index (χ4v) is 1.22. The lowest BCUT2D eigenvalue weighted by Crippen LogP contribution is -2.15. The van der Waals surface area contributed by atoms with Crippen LogP contribution in [0.1, 0.15) is 0 Å². The van der Waals surface area contributed by atoms with Gasteiger partial charge in [0.05, 0.1) is 14.7 Å². The summed E-state index contributed by atoms with van der Waals surface area (Å²) in [4.78, 5) is 0. The Hall–Kier alpha value is -0.0831. The van der Waals surface area contributed by atoms with Crippen LogP contribution in [0.5, 0.6) is 0 Å². The van der Waals surface area contributed by atoms with Gasteiger partial charge < -0.3 is 5.11 Å². The van der Waals surface area contributed by atoms with Crippen LogP contribution in [-0.4, -0.2) is 19.8 Å². The number of aliphatic hydroxyl groups is 1. The van der Waals surface area contributed by atoms with Crippen molar-refractivity contribution in [3.63, 3.8) is 0 Å². The topological polar surface area (TPSA) is 20.2 Å². The standard InChI is InChI=1S/C6H14OSi/c1-8(2,3)6-4-5-7/h4,6-7H,5H2,1-3H3/b6-4+. The van der Waals surface area contributed by atoms with Gasteiger partial charge in [-0.3, -0.25) is 0 Å². The number of rotatable bonds is 2. The van der Waals surface area contributed by atoms with E-state index in [0.717, 1.165) is 0 Å². The third kappa shape index (κ3) is 5.92. The predicted octanol–water partition coefficient (Wildman–Crippen LogP) is 1.41. The van der Waals surface area contributed by atoms with Crippen molar-refractivity contribution in [1.29, 1.82) is 0 Å². The summed E-state index contributed by atoms with van der Waals surface area (Å²) < 4.78 is 0. The first-order valence-corrected chi connectivity index (χ1v) is 6.42. The SMILES string of the molecule is C[Si](C)(C)/C=C/CO. The molecule has 1 N–H and O–H groups in total. The van der Waals surface area contributed by atoms with Crippen molar-refractivity contribution in [3.8, 4) is 0 Å². The number of hydrogen-bond acceptors (Lipinski definition) is 1. The maximum absolute atomic E-state index is 8.36. The van der Waals surface area contributed by atoms with Crippen LogP contribution in [0.15, 0.2) is 11.8 Å². The quantitative estimate of drug-likeness (QED) is 0.560. The molecular formula is C6H14OSi. The van der Waals surface area contributed by atoms with Gasteiger partial charge in [-0.15, -0.1) is 0 Å². The molecule has 0 spiro atoms. The lowest BCUT2D eigenvalue weighted by Gasteiger charge is -2.06. The molecule has 0 aliphatic heterocycles. The maximum Gasteiger partial charge on any atom is 0.0683 e. The molecule has 8 heavy (non-hydrogen) atoms. The molecule has 0 saturated carbocycles. The monoisotopic (exact) mass is 130 g/mol. The van der Waals surface area contributed by atoms with Crippen LogP contribution < -0.4 is 0 Å². The number of aliphatic hydroxyl groups excluding tert-OH is 1. The largest absolute Gasteiger partial charge is 0.392 e. The van der Waals surface area contributed by atoms with E-state index in [0.29, 0.717) is 0 Å². The molecule has 0 aromatic heterocycles. The Balaban J connectivity index is 3.52. The first-order valence-electron chi connectivity index (χ1n) is 2.85. The summed E-state index contributed by atoms with van der Waals surface area (Å²) >= 11 is 0. The summed E-state index contributed by atoms with van der Waals surface area (Å²) in [5.41, 5.74) is 2.13. The zero-order chi connectivity index (χ0) is 6.62. The van der Waals surface area contributed by atoms with Gasteiger partial charge in [-0.25, -0.2) is 0 Å². The Morgan fingerprint density at radius 3 is 2.00 bits per heavy atom. The minimum absolute atomic E-state index is 0.185. The first-order chi connectivity index (χ1) is 3.56. The van der Waals surface area contributed by atoms with Crippen LogP contribution in [0, 0.1) is 0 Å². The van der Waals surface area contributed by atoms with Gasteiger partial charge in [0, 0.05) is 0 Å². The molecule has 0 bridgehead atoms. The molecule has 0 radical (unpaired) electrons. The molecule has 0 amide bonds. The van der Waals surface area contributed by atoms with E-state index < -0.39 is 8.07 Å². The summed E-state index contributed by atoms with van der Waals surface area (Å²) in [5.74, 6) is 0. The van der Waals surface area contributed by atoms with Crippen LogP contribution in [0.2, 0.25) is 19.6 Å². The van der Waals surface area contributed by atoms with Gasteiger partial charge in [0.2, 0.25) is 0 Å². The van der Waals surface area contributed by atoms with E-state index >= 15 is 0 Å². The molecule has 0 heterocycles. The van der Waals surface area contributed by atoms with Crippen molar-refractivity contribution in [3.05, 3.63) is 11.8 Å². The molecule has 0 aromatic rings. The van der Waals surface area contributed by atoms with Gasteiger partial charge in [0.1, 0.15) is 0 Å². The summed E-state index contributed by atoms with van der Waals surface area (Å²) in [5, 5.41) is 8.36. The second kappa shape index (κ2) is 3.05. The molecule has 0 unspecified atom stereocenters. The molecule has 0 rings (SSSR count). The first kappa shape index (κ1) is 7.92. The zero-order valence-electron chi connectivity index (χ0n) is 5.81. The van der Waals surface area contributed by atoms with Crippen LogP contribution >= 0.6 is 0 Å². The fraction of sp³-hybridized carbons (Fsp3) is 0.667. The minimum atomic E-state index is -1.02. The van der Waals surface area contributed by atoms with Crippen molar-refractivity contribution in [2.75, 3.05) is 6.61 Å². The van der Waals surface area contributed by atoms with Crippen molar-refractivity contribution in [1.82, 2.24) is 0 Å². The van der Waals surface area contributed by atoms with Gasteiger partial charge in [0.15, 0.2) is 0 Å². The van der Waals surface area contributed by atoms with Gasteiger partial charge in [-0.1, -0.05) is 31.4 Å². The summed E-state index contributed by atoms with van der Waals surface area (Å²) in [6.45, 7) is 6.89. The maximum atomic E-state index is 8.36. The van der Waals surface area contributed by atoms with Gasteiger partial charge in [0.25, 0.3) is 0 Å². The van der Waals surface area contributed by atoms with Crippen LogP contribution in [0.3, 0.4) is 0 Å². The third-order valence-electron chi connectivity index (χ3n) is 0.723. The molecule has 0 aliphatic rings. The molecular weight excluding hydrogens is 116 g/mol. The van der Waals surface area contributed by atoms with Crippen LogP contribution in [-0.2, 0) is 0 Å². The molecule has 0 atom stereocenters. The highest BCUT2D eigenvalue weighted by atomic mass is 28.3. The molecule has 0 aliphatic carbocycles. The van der Waals surface area contributed by atoms with Crippen LogP contribution in [0.25, 0.3) is 0 Å². The highest BCUT2D eigenvalue weighted by Crippen LogP contribution is 2.00. The molecule has 1 nitrogen and oxygen atoms in total. The van der Waals surface area contributed by atoms with Crippen molar-refractivity contribution >= 4 is 8.07 Å². The Kier molecular flexibility index (Phi) is 3.01. The summed E-state index contributed by atoms with van der Waals surface area (Å²) in [6.07, 6.45) is 1.83. The van der Waals surface area contributed by atoms with E-state index in [1.54, 1.807) is 0 Å². The Morgan fingerprint density at radius 1 is 1.38 bits per heavy atom. The van der Waals surface area contributed by atoms with E-state index in [9.17, 15) is 0 Å². The predicted molar refractivity (Wildman–Crippen MR) is 39.6 cm³/mol. The van der Waals surface area contributed by atoms with Crippen molar-refractivity contribution in [2.24, 2.45) is 0 Å². The molecule has 2 heteroatoms. The Bertz CT molecular complexity index is 81.0. The Labute approximate surface area is 52.0 Å². The highest BCUT2D eigenvalue weighted by molar-refractivity contribution is 6.80. The van der Waals surface area contributed by atoms with Crippen molar-refractivity contribution in [2.45, 2.75) is 19.6 Å². The Morgan fingerprint density at radius 2 is 1.88 bits per heavy atom. The summed E-state index contributed by atoms with van der Waals surface area (Å²) in [6, 6.07) is 0.